The van der Waals surface area contributed by atoms with Gasteiger partial charge >= 0.3 is 0 Å². The molecule has 2 aromatic rings. The van der Waals surface area contributed by atoms with Crippen LogP contribution in [-0.4, -0.2) is 67.1 Å². The Bertz CT molecular complexity index is 838. The van der Waals surface area contributed by atoms with E-state index in [2.05, 4.69) is 20.2 Å². The molecule has 0 saturated carbocycles. The highest BCUT2D eigenvalue weighted by atomic mass is 32.2. The van der Waals surface area contributed by atoms with E-state index in [9.17, 15) is 13.2 Å². The summed E-state index contributed by atoms with van der Waals surface area (Å²) in [4.78, 5) is 21.8. The normalized spacial score (nSPS) is 15.5. The average Bonchev–Trinajstić information content (AvgIpc) is 2.72. The first-order valence-electron chi connectivity index (χ1n) is 8.88. The molecule has 1 N–H and O–H groups in total. The summed E-state index contributed by atoms with van der Waals surface area (Å²) in [5.74, 6) is -0.337. The van der Waals surface area contributed by atoms with Crippen molar-refractivity contribution in [3.05, 3.63) is 54.6 Å². The van der Waals surface area contributed by atoms with Crippen LogP contribution in [0.15, 0.2) is 48.9 Å². The zero-order valence-electron chi connectivity index (χ0n) is 15.0. The maximum absolute atomic E-state index is 12.5. The first-order valence-corrected chi connectivity index (χ1v) is 10.5. The number of nitrogens with one attached hydrogen (secondary N) is 1. The van der Waals surface area contributed by atoms with Crippen LogP contribution >= 0.6 is 0 Å². The molecule has 1 saturated heterocycles. The van der Waals surface area contributed by atoms with Crippen molar-refractivity contribution in [2.24, 2.45) is 0 Å². The Morgan fingerprint density at radius 1 is 1.07 bits per heavy atom. The van der Waals surface area contributed by atoms with Crippen molar-refractivity contribution in [3.63, 3.8) is 0 Å². The van der Waals surface area contributed by atoms with Gasteiger partial charge in [-0.15, -0.1) is 0 Å². The van der Waals surface area contributed by atoms with Crippen LogP contribution in [0.4, 0.5) is 5.69 Å². The summed E-state index contributed by atoms with van der Waals surface area (Å²) in [6.45, 7) is 2.57. The monoisotopic (exact) mass is 389 g/mol. The molecule has 27 heavy (non-hydrogen) atoms. The Morgan fingerprint density at radius 3 is 2.48 bits per heavy atom. The Hall–Kier alpha value is -2.52. The number of sulfonamides is 1. The number of piperazine rings is 1. The summed E-state index contributed by atoms with van der Waals surface area (Å²) < 4.78 is 26.6. The van der Waals surface area contributed by atoms with Gasteiger partial charge in [0.1, 0.15) is 5.69 Å². The van der Waals surface area contributed by atoms with Gasteiger partial charge in [0.2, 0.25) is 10.0 Å². The molecule has 0 atom stereocenters. The first kappa shape index (κ1) is 19.2. The summed E-state index contributed by atoms with van der Waals surface area (Å²) >= 11 is 0. The lowest BCUT2D eigenvalue weighted by atomic mass is 10.2. The molecule has 1 amide bonds. The van der Waals surface area contributed by atoms with Gasteiger partial charge in [0.05, 0.1) is 11.9 Å². The fourth-order valence-electron chi connectivity index (χ4n) is 2.96. The molecule has 2 heterocycles. The lowest BCUT2D eigenvalue weighted by Crippen LogP contribution is -2.49. The van der Waals surface area contributed by atoms with Crippen molar-refractivity contribution in [1.82, 2.24) is 19.6 Å². The predicted molar refractivity (Wildman–Crippen MR) is 103 cm³/mol. The van der Waals surface area contributed by atoms with Gasteiger partial charge in [-0.1, -0.05) is 18.2 Å². The van der Waals surface area contributed by atoms with Gasteiger partial charge in [-0.2, -0.15) is 4.31 Å². The molecule has 1 aliphatic heterocycles. The summed E-state index contributed by atoms with van der Waals surface area (Å²) in [5, 5.41) is 2.67. The molecule has 1 aromatic carbocycles. The molecule has 0 aliphatic carbocycles. The van der Waals surface area contributed by atoms with E-state index in [0.717, 1.165) is 5.69 Å². The van der Waals surface area contributed by atoms with E-state index in [0.29, 0.717) is 32.6 Å². The Kier molecular flexibility index (Phi) is 6.36. The molecule has 0 bridgehead atoms. The van der Waals surface area contributed by atoms with Crippen molar-refractivity contribution in [3.8, 4) is 0 Å². The third kappa shape index (κ3) is 5.24. The second-order valence-electron chi connectivity index (χ2n) is 6.24. The Labute approximate surface area is 159 Å². The molecular formula is C18H23N5O3S. The van der Waals surface area contributed by atoms with E-state index in [-0.39, 0.29) is 23.9 Å². The molecular weight excluding hydrogens is 366 g/mol. The van der Waals surface area contributed by atoms with E-state index >= 15 is 0 Å². The number of para-hydroxylation sites is 1. The van der Waals surface area contributed by atoms with Crippen LogP contribution in [0.25, 0.3) is 0 Å². The molecule has 1 aromatic heterocycles. The van der Waals surface area contributed by atoms with Crippen LogP contribution < -0.4 is 10.2 Å². The number of hydrogen-bond acceptors (Lipinski definition) is 6. The lowest BCUT2D eigenvalue weighted by molar-refractivity contribution is 0.0948. The molecule has 144 valence electrons. The van der Waals surface area contributed by atoms with Crippen LogP contribution in [0.3, 0.4) is 0 Å². The molecule has 0 radical (unpaired) electrons. The molecule has 1 aliphatic rings. The van der Waals surface area contributed by atoms with Gasteiger partial charge in [-0.25, -0.2) is 13.4 Å². The topological polar surface area (TPSA) is 95.5 Å². The Morgan fingerprint density at radius 2 is 1.81 bits per heavy atom. The molecule has 0 unspecified atom stereocenters. The van der Waals surface area contributed by atoms with Crippen molar-refractivity contribution in [2.75, 3.05) is 43.4 Å². The lowest BCUT2D eigenvalue weighted by Gasteiger charge is -2.35. The fraction of sp³-hybridized carbons (Fsp3) is 0.389. The second-order valence-corrected chi connectivity index (χ2v) is 8.33. The van der Waals surface area contributed by atoms with Crippen molar-refractivity contribution in [2.45, 2.75) is 6.42 Å². The van der Waals surface area contributed by atoms with Crippen LogP contribution in [0.5, 0.6) is 0 Å². The third-order valence-electron chi connectivity index (χ3n) is 4.41. The molecule has 3 rings (SSSR count). The smallest absolute Gasteiger partial charge is 0.271 e. The van der Waals surface area contributed by atoms with E-state index in [1.165, 1.54) is 22.9 Å². The van der Waals surface area contributed by atoms with Crippen LogP contribution in [0.2, 0.25) is 0 Å². The highest BCUT2D eigenvalue weighted by Gasteiger charge is 2.26. The molecule has 8 nitrogen and oxygen atoms in total. The number of aromatic nitrogens is 2. The van der Waals surface area contributed by atoms with E-state index < -0.39 is 10.0 Å². The number of anilines is 1. The van der Waals surface area contributed by atoms with E-state index in [1.54, 1.807) is 0 Å². The second kappa shape index (κ2) is 8.92. The number of amides is 1. The molecule has 9 heteroatoms. The maximum atomic E-state index is 12.5. The maximum Gasteiger partial charge on any atom is 0.271 e. The SMILES string of the molecule is O=C(NCCCS(=O)(=O)N1CCN(c2ccccc2)CC1)c1cnccn1. The number of carbonyl (C=O) groups excluding carboxylic acids is 1. The summed E-state index contributed by atoms with van der Waals surface area (Å²) in [6.07, 6.45) is 4.65. The van der Waals surface area contributed by atoms with Crippen LogP contribution in [-0.2, 0) is 10.0 Å². The van der Waals surface area contributed by atoms with Gasteiger partial charge in [0.15, 0.2) is 0 Å². The van der Waals surface area contributed by atoms with Crippen molar-refractivity contribution in [1.29, 1.82) is 0 Å². The van der Waals surface area contributed by atoms with Gasteiger partial charge in [0, 0.05) is 50.8 Å². The van der Waals surface area contributed by atoms with Crippen molar-refractivity contribution >= 4 is 21.6 Å². The van der Waals surface area contributed by atoms with E-state index in [1.807, 2.05) is 30.3 Å². The number of nitrogens with zero attached hydrogens (tertiary/aromatic N) is 4. The summed E-state index contributed by atoms with van der Waals surface area (Å²) in [6, 6.07) is 9.99. The van der Waals surface area contributed by atoms with Gasteiger partial charge in [0.25, 0.3) is 5.91 Å². The minimum atomic E-state index is -3.32. The standard InChI is InChI=1S/C18H23N5O3S/c24-18(17-15-19-8-9-20-17)21-7-4-14-27(25,26)23-12-10-22(11-13-23)16-5-2-1-3-6-16/h1-3,5-6,8-9,15H,4,7,10-14H2,(H,21,24). The quantitative estimate of drug-likeness (QED) is 0.702. The minimum Gasteiger partial charge on any atom is -0.369 e. The number of hydrogen-bond donors (Lipinski definition) is 1. The van der Waals surface area contributed by atoms with Gasteiger partial charge in [-0.3, -0.25) is 9.78 Å². The first-order chi connectivity index (χ1) is 13.1. The minimum absolute atomic E-state index is 0.0130. The highest BCUT2D eigenvalue weighted by Crippen LogP contribution is 2.17. The Balaban J connectivity index is 1.42. The van der Waals surface area contributed by atoms with E-state index in [4.69, 9.17) is 0 Å². The average molecular weight is 389 g/mol. The number of carbonyl (C=O) groups is 1. The van der Waals surface area contributed by atoms with Crippen LogP contribution in [0.1, 0.15) is 16.9 Å². The largest absolute Gasteiger partial charge is 0.369 e. The zero-order valence-corrected chi connectivity index (χ0v) is 15.8. The third-order valence-corrected chi connectivity index (χ3v) is 6.37. The molecule has 1 fully saturated rings. The highest BCUT2D eigenvalue weighted by molar-refractivity contribution is 7.89. The fourth-order valence-corrected chi connectivity index (χ4v) is 4.44. The summed E-state index contributed by atoms with van der Waals surface area (Å²) in [7, 11) is -3.32. The van der Waals surface area contributed by atoms with Crippen molar-refractivity contribution < 1.29 is 13.2 Å². The molecule has 0 spiro atoms. The van der Waals surface area contributed by atoms with Gasteiger partial charge < -0.3 is 10.2 Å². The predicted octanol–water partition coefficient (Wildman–Crippen LogP) is 0.749. The van der Waals surface area contributed by atoms with Crippen LogP contribution in [0, 0.1) is 0 Å². The summed E-state index contributed by atoms with van der Waals surface area (Å²) in [5.41, 5.74) is 1.33. The number of benzene rings is 1. The van der Waals surface area contributed by atoms with Gasteiger partial charge in [-0.05, 0) is 18.6 Å². The zero-order chi connectivity index (χ0) is 19.1. The number of rotatable bonds is 7.